The zero-order valence-corrected chi connectivity index (χ0v) is 10.7. The minimum atomic E-state index is -1.73. The van der Waals surface area contributed by atoms with Crippen LogP contribution in [0, 0.1) is 12.3 Å². The van der Waals surface area contributed by atoms with Crippen molar-refractivity contribution >= 4 is 5.97 Å². The van der Waals surface area contributed by atoms with Gasteiger partial charge in [-0.2, -0.15) is 8.78 Å². The lowest BCUT2D eigenvalue weighted by Gasteiger charge is -2.08. The highest BCUT2D eigenvalue weighted by Crippen LogP contribution is 2.11. The molecule has 0 N–H and O–H groups in total. The Hall–Kier alpha value is -2.09. The quantitative estimate of drug-likeness (QED) is 0.585. The molecule has 0 saturated heterocycles. The van der Waals surface area contributed by atoms with Crippen LogP contribution in [-0.2, 0) is 11.3 Å². The molecule has 0 amide bonds. The molecular weight excluding hydrogens is 252 g/mol. The molecule has 0 atom stereocenters. The maximum atomic E-state index is 12.1. The first-order chi connectivity index (χ1) is 9.06. The van der Waals surface area contributed by atoms with Gasteiger partial charge in [-0.25, -0.2) is 4.79 Å². The topological polar surface area (TPSA) is 31.2 Å². The third kappa shape index (κ3) is 4.59. The number of aromatic nitrogens is 1. The minimum absolute atomic E-state index is 0.0269. The Morgan fingerprint density at radius 1 is 1.53 bits per heavy atom. The standard InChI is InChI=1S/C14H15F2NO2/c1-3-4-8-17-9-5-6-12(17)14(18)19-10-7-11(2)13(15)16/h1,5-6,9H,4,7-8,10H2,2H3. The highest BCUT2D eigenvalue weighted by Gasteiger charge is 2.12. The molecule has 0 bridgehead atoms. The molecule has 3 nitrogen and oxygen atoms in total. The molecule has 19 heavy (non-hydrogen) atoms. The van der Waals surface area contributed by atoms with Crippen molar-refractivity contribution in [2.75, 3.05) is 6.61 Å². The van der Waals surface area contributed by atoms with Crippen molar-refractivity contribution in [1.82, 2.24) is 4.57 Å². The molecule has 0 saturated carbocycles. The van der Waals surface area contributed by atoms with Crippen molar-refractivity contribution in [2.45, 2.75) is 26.3 Å². The summed E-state index contributed by atoms with van der Waals surface area (Å²) in [5.41, 5.74) is 0.299. The van der Waals surface area contributed by atoms with Crippen LogP contribution in [0.15, 0.2) is 30.0 Å². The molecule has 1 heterocycles. The highest BCUT2D eigenvalue weighted by atomic mass is 19.3. The van der Waals surface area contributed by atoms with E-state index < -0.39 is 12.0 Å². The molecule has 1 aromatic rings. The second kappa shape index (κ2) is 7.37. The van der Waals surface area contributed by atoms with Gasteiger partial charge in [-0.15, -0.1) is 12.3 Å². The van der Waals surface area contributed by atoms with Crippen LogP contribution in [0.3, 0.4) is 0 Å². The summed E-state index contributed by atoms with van der Waals surface area (Å²) in [4.78, 5) is 11.7. The maximum absolute atomic E-state index is 12.1. The van der Waals surface area contributed by atoms with Gasteiger partial charge in [0.15, 0.2) is 0 Å². The smallest absolute Gasteiger partial charge is 0.354 e. The van der Waals surface area contributed by atoms with E-state index in [9.17, 15) is 13.6 Å². The third-order valence-electron chi connectivity index (χ3n) is 2.57. The Kier molecular flexibility index (Phi) is 5.80. The number of hydrogen-bond acceptors (Lipinski definition) is 2. The van der Waals surface area contributed by atoms with Gasteiger partial charge >= 0.3 is 5.97 Å². The van der Waals surface area contributed by atoms with Crippen molar-refractivity contribution in [3.8, 4) is 12.3 Å². The lowest BCUT2D eigenvalue weighted by atomic mass is 10.2. The summed E-state index contributed by atoms with van der Waals surface area (Å²) in [7, 11) is 0. The Balaban J connectivity index is 2.53. The maximum Gasteiger partial charge on any atom is 0.354 e. The van der Waals surface area contributed by atoms with Gasteiger partial charge in [0.25, 0.3) is 6.08 Å². The van der Waals surface area contributed by atoms with Gasteiger partial charge in [0.1, 0.15) is 5.69 Å². The van der Waals surface area contributed by atoms with Crippen molar-refractivity contribution in [2.24, 2.45) is 0 Å². The number of esters is 1. The van der Waals surface area contributed by atoms with E-state index in [1.807, 2.05) is 0 Å². The van der Waals surface area contributed by atoms with E-state index >= 15 is 0 Å². The Labute approximate surface area is 110 Å². The molecule has 0 aliphatic carbocycles. The Morgan fingerprint density at radius 2 is 2.26 bits per heavy atom. The molecule has 102 valence electrons. The van der Waals surface area contributed by atoms with Crippen LogP contribution in [0.1, 0.15) is 30.3 Å². The summed E-state index contributed by atoms with van der Waals surface area (Å²) < 4.78 is 30.9. The van der Waals surface area contributed by atoms with Crippen molar-refractivity contribution in [3.05, 3.63) is 35.7 Å². The third-order valence-corrected chi connectivity index (χ3v) is 2.57. The van der Waals surface area contributed by atoms with Crippen LogP contribution in [0.25, 0.3) is 0 Å². The number of aryl methyl sites for hydroxylation is 1. The second-order valence-corrected chi connectivity index (χ2v) is 3.97. The fraction of sp³-hybridized carbons (Fsp3) is 0.357. The van der Waals surface area contributed by atoms with E-state index in [4.69, 9.17) is 11.2 Å². The van der Waals surface area contributed by atoms with Crippen LogP contribution in [0.4, 0.5) is 8.78 Å². The molecule has 5 heteroatoms. The number of hydrogen-bond donors (Lipinski definition) is 0. The van der Waals surface area contributed by atoms with Crippen LogP contribution in [-0.4, -0.2) is 17.1 Å². The summed E-state index contributed by atoms with van der Waals surface area (Å²) in [6.07, 6.45) is 5.68. The molecule has 0 aromatic carbocycles. The molecule has 1 aromatic heterocycles. The van der Waals surface area contributed by atoms with E-state index in [-0.39, 0.29) is 18.6 Å². The van der Waals surface area contributed by atoms with Gasteiger partial charge in [0.2, 0.25) is 0 Å². The van der Waals surface area contributed by atoms with Gasteiger partial charge in [0.05, 0.1) is 6.61 Å². The van der Waals surface area contributed by atoms with E-state index in [1.165, 1.54) is 6.92 Å². The van der Waals surface area contributed by atoms with E-state index in [0.717, 1.165) is 0 Å². The second-order valence-electron chi connectivity index (χ2n) is 3.97. The van der Waals surface area contributed by atoms with Crippen molar-refractivity contribution < 1.29 is 18.3 Å². The summed E-state index contributed by atoms with van der Waals surface area (Å²) in [5.74, 6) is 1.95. The van der Waals surface area contributed by atoms with E-state index in [2.05, 4.69) is 5.92 Å². The summed E-state index contributed by atoms with van der Waals surface area (Å²) in [6, 6.07) is 3.32. The van der Waals surface area contributed by atoms with Gasteiger partial charge < -0.3 is 9.30 Å². The average Bonchev–Trinajstić information content (AvgIpc) is 2.84. The first-order valence-electron chi connectivity index (χ1n) is 5.82. The normalized spacial score (nSPS) is 9.79. The van der Waals surface area contributed by atoms with Gasteiger partial charge in [0, 0.05) is 25.6 Å². The highest BCUT2D eigenvalue weighted by molar-refractivity contribution is 5.87. The fourth-order valence-corrected chi connectivity index (χ4v) is 1.44. The summed E-state index contributed by atoms with van der Waals surface area (Å²) in [6.45, 7) is 1.76. The number of nitrogens with zero attached hydrogens (tertiary/aromatic N) is 1. The molecule has 0 radical (unpaired) electrons. The van der Waals surface area contributed by atoms with E-state index in [1.54, 1.807) is 22.9 Å². The lowest BCUT2D eigenvalue weighted by Crippen LogP contribution is -2.12. The number of terminal acetylenes is 1. The van der Waals surface area contributed by atoms with Gasteiger partial charge in [-0.05, 0) is 24.6 Å². The van der Waals surface area contributed by atoms with Crippen molar-refractivity contribution in [3.63, 3.8) is 0 Å². The van der Waals surface area contributed by atoms with Crippen LogP contribution >= 0.6 is 0 Å². The Bertz CT molecular complexity index is 508. The molecule has 0 fully saturated rings. The van der Waals surface area contributed by atoms with Gasteiger partial charge in [-0.3, -0.25) is 0 Å². The number of ether oxygens (including phenoxy) is 1. The fourth-order valence-electron chi connectivity index (χ4n) is 1.44. The predicted octanol–water partition coefficient (Wildman–Crippen LogP) is 3.23. The van der Waals surface area contributed by atoms with Crippen LogP contribution in [0.2, 0.25) is 0 Å². The SMILES string of the molecule is C#CCCn1cccc1C(=O)OCCC(C)=C(F)F. The van der Waals surface area contributed by atoms with Gasteiger partial charge in [-0.1, -0.05) is 0 Å². The number of rotatable bonds is 6. The van der Waals surface area contributed by atoms with E-state index in [0.29, 0.717) is 18.7 Å². The molecule has 0 aliphatic heterocycles. The minimum Gasteiger partial charge on any atom is -0.461 e. The monoisotopic (exact) mass is 267 g/mol. The zero-order chi connectivity index (χ0) is 14.3. The van der Waals surface area contributed by atoms with Crippen molar-refractivity contribution in [1.29, 1.82) is 0 Å². The zero-order valence-electron chi connectivity index (χ0n) is 10.7. The molecule has 0 spiro atoms. The van der Waals surface area contributed by atoms with Crippen LogP contribution < -0.4 is 0 Å². The summed E-state index contributed by atoms with van der Waals surface area (Å²) in [5, 5.41) is 0. The summed E-state index contributed by atoms with van der Waals surface area (Å²) >= 11 is 0. The number of halogens is 2. The Morgan fingerprint density at radius 3 is 2.89 bits per heavy atom. The lowest BCUT2D eigenvalue weighted by molar-refractivity contribution is 0.0495. The van der Waals surface area contributed by atoms with Crippen LogP contribution in [0.5, 0.6) is 0 Å². The molecule has 0 aliphatic rings. The predicted molar refractivity (Wildman–Crippen MR) is 67.7 cm³/mol. The molecular formula is C14H15F2NO2. The molecule has 1 rings (SSSR count). The average molecular weight is 267 g/mol. The molecule has 0 unspecified atom stereocenters. The number of carbonyl (C=O) groups excluding carboxylic acids is 1. The first-order valence-corrected chi connectivity index (χ1v) is 5.82. The number of carbonyl (C=O) groups is 1. The first kappa shape index (κ1) is 15.0. The largest absolute Gasteiger partial charge is 0.461 e.